The number of amides is 1. The van der Waals surface area contributed by atoms with Crippen LogP contribution in [-0.2, 0) is 14.6 Å². The lowest BCUT2D eigenvalue weighted by Gasteiger charge is -2.24. The highest BCUT2D eigenvalue weighted by atomic mass is 32.2. The van der Waals surface area contributed by atoms with E-state index in [4.69, 9.17) is 0 Å². The van der Waals surface area contributed by atoms with Gasteiger partial charge in [0, 0.05) is 19.3 Å². The van der Waals surface area contributed by atoms with Crippen LogP contribution >= 0.6 is 0 Å². The monoisotopic (exact) mass is 343 g/mol. The lowest BCUT2D eigenvalue weighted by atomic mass is 9.90. The summed E-state index contributed by atoms with van der Waals surface area (Å²) >= 11 is 0. The van der Waals surface area contributed by atoms with Crippen LogP contribution in [0.2, 0.25) is 0 Å². The number of carbonyl (C=O) groups is 1. The lowest BCUT2D eigenvalue weighted by molar-refractivity contribution is -0.130. The Balaban J connectivity index is 1.91. The second-order valence-electron chi connectivity index (χ2n) is 6.28. The molecule has 4 nitrogen and oxygen atoms in total. The Kier molecular flexibility index (Phi) is 4.71. The molecule has 0 N–H and O–H groups in total. The van der Waals surface area contributed by atoms with Crippen molar-refractivity contribution in [2.45, 2.75) is 17.6 Å². The van der Waals surface area contributed by atoms with Crippen LogP contribution in [0.5, 0.6) is 0 Å². The summed E-state index contributed by atoms with van der Waals surface area (Å²) in [4.78, 5) is 14.8. The molecule has 126 valence electrons. The summed E-state index contributed by atoms with van der Waals surface area (Å²) in [6.07, 6.45) is 1.76. The molecule has 5 heteroatoms. The first-order chi connectivity index (χ1) is 11.5. The van der Waals surface area contributed by atoms with Crippen LogP contribution in [0.15, 0.2) is 60.7 Å². The number of nitrogens with zero attached hydrogens (tertiary/aromatic N) is 1. The summed E-state index contributed by atoms with van der Waals surface area (Å²) in [5.74, 6) is -0.427. The Morgan fingerprint density at radius 1 is 1.00 bits per heavy atom. The van der Waals surface area contributed by atoms with Crippen molar-refractivity contribution in [3.8, 4) is 0 Å². The van der Waals surface area contributed by atoms with E-state index in [1.165, 1.54) is 6.26 Å². The number of benzene rings is 2. The van der Waals surface area contributed by atoms with Gasteiger partial charge in [0.15, 0.2) is 9.84 Å². The van der Waals surface area contributed by atoms with Gasteiger partial charge in [0.2, 0.25) is 5.91 Å². The molecule has 24 heavy (non-hydrogen) atoms. The highest BCUT2D eigenvalue weighted by Gasteiger charge is 2.36. The van der Waals surface area contributed by atoms with Gasteiger partial charge in [-0.15, -0.1) is 0 Å². The minimum Gasteiger partial charge on any atom is -0.341 e. The van der Waals surface area contributed by atoms with Crippen LogP contribution in [0.25, 0.3) is 0 Å². The van der Waals surface area contributed by atoms with E-state index in [2.05, 4.69) is 0 Å². The molecule has 0 saturated carbocycles. The molecule has 1 aliphatic heterocycles. The minimum absolute atomic E-state index is 0.0291. The molecule has 1 saturated heterocycles. The predicted molar refractivity (Wildman–Crippen MR) is 94.6 cm³/mol. The van der Waals surface area contributed by atoms with Gasteiger partial charge in [0.25, 0.3) is 0 Å². The van der Waals surface area contributed by atoms with Crippen molar-refractivity contribution in [2.75, 3.05) is 19.3 Å². The Morgan fingerprint density at radius 2 is 1.50 bits per heavy atom. The molecular weight excluding hydrogens is 322 g/mol. The third kappa shape index (κ3) is 3.51. The van der Waals surface area contributed by atoms with Crippen LogP contribution < -0.4 is 0 Å². The largest absolute Gasteiger partial charge is 0.341 e. The van der Waals surface area contributed by atoms with Crippen LogP contribution in [0.1, 0.15) is 23.5 Å². The van der Waals surface area contributed by atoms with Crippen molar-refractivity contribution in [1.29, 1.82) is 0 Å². The van der Waals surface area contributed by atoms with E-state index in [0.717, 1.165) is 11.1 Å². The molecule has 1 heterocycles. The second-order valence-corrected chi connectivity index (χ2v) is 8.60. The number of hydrogen-bond acceptors (Lipinski definition) is 3. The first-order valence-electron chi connectivity index (χ1n) is 8.04. The van der Waals surface area contributed by atoms with Crippen molar-refractivity contribution in [1.82, 2.24) is 4.90 Å². The van der Waals surface area contributed by atoms with E-state index in [1.54, 1.807) is 4.90 Å². The van der Waals surface area contributed by atoms with Gasteiger partial charge in [-0.25, -0.2) is 8.42 Å². The molecule has 0 aromatic heterocycles. The fraction of sp³-hybridized carbons (Fsp3) is 0.316. The fourth-order valence-corrected chi connectivity index (χ4v) is 4.21. The van der Waals surface area contributed by atoms with Crippen LogP contribution in [0, 0.1) is 0 Å². The van der Waals surface area contributed by atoms with E-state index in [9.17, 15) is 13.2 Å². The number of rotatable bonds is 4. The van der Waals surface area contributed by atoms with Gasteiger partial charge in [0.05, 0.1) is 11.2 Å². The molecule has 0 aliphatic carbocycles. The van der Waals surface area contributed by atoms with Crippen LogP contribution in [-0.4, -0.2) is 43.8 Å². The summed E-state index contributed by atoms with van der Waals surface area (Å²) in [7, 11) is -3.12. The normalized spacial score (nSPS) is 18.1. The number of carbonyl (C=O) groups excluding carboxylic acids is 1. The molecule has 1 amide bonds. The van der Waals surface area contributed by atoms with Gasteiger partial charge in [-0.1, -0.05) is 60.7 Å². The average molecular weight is 343 g/mol. The number of sulfone groups is 1. The second kappa shape index (κ2) is 6.77. The van der Waals surface area contributed by atoms with E-state index in [0.29, 0.717) is 13.0 Å². The third-order valence-electron chi connectivity index (χ3n) is 4.57. The van der Waals surface area contributed by atoms with E-state index < -0.39 is 21.0 Å². The molecule has 3 rings (SSSR count). The molecule has 2 aromatic carbocycles. The summed E-state index contributed by atoms with van der Waals surface area (Å²) in [5.41, 5.74) is 1.85. The summed E-state index contributed by atoms with van der Waals surface area (Å²) < 4.78 is 23.5. The molecule has 2 aromatic rings. The topological polar surface area (TPSA) is 54.5 Å². The SMILES string of the molecule is CS(=O)(=O)C1CCN(C(=O)C(c2ccccc2)c2ccccc2)C1. The van der Waals surface area contributed by atoms with Crippen molar-refractivity contribution in [3.05, 3.63) is 71.8 Å². The first-order valence-corrected chi connectivity index (χ1v) is 10.00. The summed E-state index contributed by atoms with van der Waals surface area (Å²) in [6.45, 7) is 0.778. The van der Waals surface area contributed by atoms with Gasteiger partial charge in [-0.2, -0.15) is 0 Å². The molecule has 0 bridgehead atoms. The van der Waals surface area contributed by atoms with Gasteiger partial charge in [0.1, 0.15) is 0 Å². The van der Waals surface area contributed by atoms with Gasteiger partial charge in [-0.3, -0.25) is 4.79 Å². The first kappa shape index (κ1) is 16.7. The van der Waals surface area contributed by atoms with E-state index >= 15 is 0 Å². The summed E-state index contributed by atoms with van der Waals surface area (Å²) in [6, 6.07) is 19.3. The van der Waals surface area contributed by atoms with E-state index in [1.807, 2.05) is 60.7 Å². The molecule has 1 fully saturated rings. The molecule has 0 radical (unpaired) electrons. The van der Waals surface area contributed by atoms with Crippen molar-refractivity contribution >= 4 is 15.7 Å². The lowest BCUT2D eigenvalue weighted by Crippen LogP contribution is -2.35. The smallest absolute Gasteiger partial charge is 0.234 e. The zero-order valence-electron chi connectivity index (χ0n) is 13.6. The number of likely N-dealkylation sites (tertiary alicyclic amines) is 1. The third-order valence-corrected chi connectivity index (χ3v) is 6.17. The Bertz CT molecular complexity index is 764. The Morgan fingerprint density at radius 3 is 1.92 bits per heavy atom. The van der Waals surface area contributed by atoms with Gasteiger partial charge < -0.3 is 4.90 Å². The standard InChI is InChI=1S/C19H21NO3S/c1-24(22,23)17-12-13-20(14-17)19(21)18(15-8-4-2-5-9-15)16-10-6-3-7-11-16/h2-11,17-18H,12-14H2,1H3. The maximum atomic E-state index is 13.2. The van der Waals surface area contributed by atoms with E-state index in [-0.39, 0.29) is 12.5 Å². The molecule has 0 spiro atoms. The van der Waals surface area contributed by atoms with Gasteiger partial charge >= 0.3 is 0 Å². The van der Waals surface area contributed by atoms with Crippen LogP contribution in [0.3, 0.4) is 0 Å². The number of hydrogen-bond donors (Lipinski definition) is 0. The Hall–Kier alpha value is -2.14. The van der Waals surface area contributed by atoms with Crippen molar-refractivity contribution in [2.24, 2.45) is 0 Å². The van der Waals surface area contributed by atoms with Crippen molar-refractivity contribution in [3.63, 3.8) is 0 Å². The quantitative estimate of drug-likeness (QED) is 0.857. The summed E-state index contributed by atoms with van der Waals surface area (Å²) in [5, 5.41) is -0.450. The highest BCUT2D eigenvalue weighted by Crippen LogP contribution is 2.29. The zero-order chi connectivity index (χ0) is 17.2. The molecule has 1 unspecified atom stereocenters. The van der Waals surface area contributed by atoms with Crippen molar-refractivity contribution < 1.29 is 13.2 Å². The maximum Gasteiger partial charge on any atom is 0.234 e. The minimum atomic E-state index is -3.12. The highest BCUT2D eigenvalue weighted by molar-refractivity contribution is 7.91. The zero-order valence-corrected chi connectivity index (χ0v) is 14.4. The molecular formula is C19H21NO3S. The molecule has 1 aliphatic rings. The maximum absolute atomic E-state index is 13.2. The Labute approximate surface area is 143 Å². The van der Waals surface area contributed by atoms with Crippen LogP contribution in [0.4, 0.5) is 0 Å². The average Bonchev–Trinajstić information content (AvgIpc) is 3.07. The predicted octanol–water partition coefficient (Wildman–Crippen LogP) is 2.46. The molecule has 1 atom stereocenters. The fourth-order valence-electron chi connectivity index (χ4n) is 3.23. The van der Waals surface area contributed by atoms with Gasteiger partial charge in [-0.05, 0) is 17.5 Å².